The Kier molecular flexibility index (Phi) is 7.85. The number of hydrogen-bond acceptors (Lipinski definition) is 4. The lowest BCUT2D eigenvalue weighted by Gasteiger charge is -2.18. The average molecular weight is 418 g/mol. The third-order valence-corrected chi connectivity index (χ3v) is 5.89. The van der Waals surface area contributed by atoms with Gasteiger partial charge in [0.05, 0.1) is 7.11 Å². The van der Waals surface area contributed by atoms with Crippen molar-refractivity contribution in [3.05, 3.63) is 76.3 Å². The molecule has 3 aromatic carbocycles. The predicted molar refractivity (Wildman–Crippen MR) is 132 cm³/mol. The van der Waals surface area contributed by atoms with E-state index in [9.17, 15) is 0 Å². The molecule has 0 saturated heterocycles. The van der Waals surface area contributed by atoms with Gasteiger partial charge in [-0.15, -0.1) is 0 Å². The SMILES string of the molecule is COc1ccc(-c2cc(C)c(-c3cc(CCN)ccc3CCN)cc2C)cc1CCN. The molecule has 164 valence electrons. The molecule has 4 nitrogen and oxygen atoms in total. The highest BCUT2D eigenvalue weighted by Crippen LogP contribution is 2.35. The summed E-state index contributed by atoms with van der Waals surface area (Å²) < 4.78 is 5.51. The molecule has 0 aliphatic rings. The van der Waals surface area contributed by atoms with E-state index in [-0.39, 0.29) is 0 Å². The van der Waals surface area contributed by atoms with E-state index in [2.05, 4.69) is 56.3 Å². The molecule has 6 N–H and O–H groups in total. The van der Waals surface area contributed by atoms with Crippen LogP contribution in [-0.4, -0.2) is 26.7 Å². The Morgan fingerprint density at radius 3 is 1.97 bits per heavy atom. The van der Waals surface area contributed by atoms with Crippen molar-refractivity contribution in [2.24, 2.45) is 17.2 Å². The van der Waals surface area contributed by atoms with Crippen LogP contribution in [0.25, 0.3) is 22.3 Å². The summed E-state index contributed by atoms with van der Waals surface area (Å²) in [4.78, 5) is 0. The highest BCUT2D eigenvalue weighted by Gasteiger charge is 2.14. The van der Waals surface area contributed by atoms with Crippen LogP contribution < -0.4 is 21.9 Å². The molecular formula is C27H35N3O. The number of nitrogens with two attached hydrogens (primary N) is 3. The number of ether oxygens (including phenoxy) is 1. The van der Waals surface area contributed by atoms with Crippen molar-refractivity contribution in [2.45, 2.75) is 33.1 Å². The fourth-order valence-electron chi connectivity index (χ4n) is 4.28. The minimum atomic E-state index is 0.597. The smallest absolute Gasteiger partial charge is 0.122 e. The van der Waals surface area contributed by atoms with Gasteiger partial charge in [-0.2, -0.15) is 0 Å². The highest BCUT2D eigenvalue weighted by atomic mass is 16.5. The van der Waals surface area contributed by atoms with Gasteiger partial charge in [-0.3, -0.25) is 0 Å². The molecule has 0 radical (unpaired) electrons. The first-order chi connectivity index (χ1) is 15.0. The minimum absolute atomic E-state index is 0.597. The van der Waals surface area contributed by atoms with Crippen LogP contribution in [0.4, 0.5) is 0 Å². The van der Waals surface area contributed by atoms with Crippen molar-refractivity contribution >= 4 is 0 Å². The molecule has 3 aromatic rings. The van der Waals surface area contributed by atoms with E-state index in [0.29, 0.717) is 19.6 Å². The molecule has 0 aromatic heterocycles. The summed E-state index contributed by atoms with van der Waals surface area (Å²) in [6, 6.07) is 17.6. The number of aryl methyl sites for hydroxylation is 2. The molecule has 0 bridgehead atoms. The Bertz CT molecular complexity index is 1040. The van der Waals surface area contributed by atoms with Gasteiger partial charge in [-0.25, -0.2) is 0 Å². The van der Waals surface area contributed by atoms with Crippen LogP contribution in [0.3, 0.4) is 0 Å². The summed E-state index contributed by atoms with van der Waals surface area (Å²) in [6.07, 6.45) is 2.53. The summed E-state index contributed by atoms with van der Waals surface area (Å²) in [7, 11) is 1.71. The number of hydrogen-bond donors (Lipinski definition) is 3. The molecule has 0 fully saturated rings. The third kappa shape index (κ3) is 5.16. The lowest BCUT2D eigenvalue weighted by molar-refractivity contribution is 0.410. The Morgan fingerprint density at radius 2 is 1.29 bits per heavy atom. The first-order valence-electron chi connectivity index (χ1n) is 11.0. The summed E-state index contributed by atoms with van der Waals surface area (Å²) in [5, 5.41) is 0. The van der Waals surface area contributed by atoms with Gasteiger partial charge in [0.2, 0.25) is 0 Å². The van der Waals surface area contributed by atoms with Crippen molar-refractivity contribution in [2.75, 3.05) is 26.7 Å². The maximum absolute atomic E-state index is 5.90. The number of rotatable bonds is 9. The molecular weight excluding hydrogens is 382 g/mol. The van der Waals surface area contributed by atoms with Crippen molar-refractivity contribution < 1.29 is 4.74 Å². The molecule has 0 amide bonds. The quantitative estimate of drug-likeness (QED) is 0.488. The van der Waals surface area contributed by atoms with E-state index in [1.165, 1.54) is 44.5 Å². The van der Waals surface area contributed by atoms with Gasteiger partial charge >= 0.3 is 0 Å². The second-order valence-corrected chi connectivity index (χ2v) is 8.12. The molecule has 0 saturated carbocycles. The van der Waals surface area contributed by atoms with Crippen LogP contribution >= 0.6 is 0 Å². The van der Waals surface area contributed by atoms with Crippen LogP contribution in [0.15, 0.2) is 48.5 Å². The van der Waals surface area contributed by atoms with Crippen molar-refractivity contribution in [3.63, 3.8) is 0 Å². The van der Waals surface area contributed by atoms with Crippen LogP contribution in [0.1, 0.15) is 27.8 Å². The molecule has 3 rings (SSSR count). The van der Waals surface area contributed by atoms with E-state index < -0.39 is 0 Å². The van der Waals surface area contributed by atoms with E-state index >= 15 is 0 Å². The van der Waals surface area contributed by atoms with E-state index in [4.69, 9.17) is 21.9 Å². The van der Waals surface area contributed by atoms with Crippen molar-refractivity contribution in [1.82, 2.24) is 0 Å². The minimum Gasteiger partial charge on any atom is -0.496 e. The summed E-state index contributed by atoms with van der Waals surface area (Å²) in [5.74, 6) is 0.892. The monoisotopic (exact) mass is 417 g/mol. The summed E-state index contributed by atoms with van der Waals surface area (Å²) in [5.41, 5.74) is 28.6. The van der Waals surface area contributed by atoms with Gasteiger partial charge in [0.1, 0.15) is 5.75 Å². The Hall–Kier alpha value is -2.66. The first-order valence-corrected chi connectivity index (χ1v) is 11.0. The molecule has 0 atom stereocenters. The Morgan fingerprint density at radius 1 is 0.645 bits per heavy atom. The summed E-state index contributed by atoms with van der Waals surface area (Å²) >= 11 is 0. The zero-order valence-corrected chi connectivity index (χ0v) is 19.0. The largest absolute Gasteiger partial charge is 0.496 e. The third-order valence-electron chi connectivity index (χ3n) is 5.89. The van der Waals surface area contributed by atoms with Gasteiger partial charge < -0.3 is 21.9 Å². The van der Waals surface area contributed by atoms with E-state index in [1.54, 1.807) is 7.11 Å². The zero-order valence-electron chi connectivity index (χ0n) is 19.0. The van der Waals surface area contributed by atoms with E-state index in [0.717, 1.165) is 30.6 Å². The normalized spacial score (nSPS) is 11.0. The van der Waals surface area contributed by atoms with Gasteiger partial charge in [0, 0.05) is 0 Å². The Labute approximate surface area is 186 Å². The lowest BCUT2D eigenvalue weighted by Crippen LogP contribution is -2.07. The molecule has 0 spiro atoms. The predicted octanol–water partition coefficient (Wildman–Crippen LogP) is 4.15. The molecule has 0 aliphatic carbocycles. The Balaban J connectivity index is 2.09. The van der Waals surface area contributed by atoms with E-state index in [1.807, 2.05) is 6.07 Å². The van der Waals surface area contributed by atoms with Crippen LogP contribution in [0.2, 0.25) is 0 Å². The maximum atomic E-state index is 5.90. The van der Waals surface area contributed by atoms with Gasteiger partial charge in [-0.1, -0.05) is 36.4 Å². The molecule has 0 heterocycles. The van der Waals surface area contributed by atoms with Gasteiger partial charge in [0.25, 0.3) is 0 Å². The standard InChI is InChI=1S/C27H35N3O/c1-18-15-25(26-16-20(8-11-28)4-5-21(26)9-12-29)19(2)14-24(18)22-6-7-27(31-3)23(17-22)10-13-30/h4-7,14-17H,8-13,28-30H2,1-3H3. The van der Waals surface area contributed by atoms with Crippen LogP contribution in [0, 0.1) is 13.8 Å². The first kappa shape index (κ1) is 23.0. The lowest BCUT2D eigenvalue weighted by atomic mass is 9.88. The van der Waals surface area contributed by atoms with Crippen LogP contribution in [-0.2, 0) is 19.3 Å². The fraction of sp³-hybridized carbons (Fsp3) is 0.333. The molecule has 4 heteroatoms. The molecule has 0 aliphatic heterocycles. The second kappa shape index (κ2) is 10.6. The maximum Gasteiger partial charge on any atom is 0.122 e. The fourth-order valence-corrected chi connectivity index (χ4v) is 4.28. The number of methoxy groups -OCH3 is 1. The van der Waals surface area contributed by atoms with Gasteiger partial charge in [0.15, 0.2) is 0 Å². The molecule has 0 unspecified atom stereocenters. The van der Waals surface area contributed by atoms with Crippen molar-refractivity contribution in [3.8, 4) is 28.0 Å². The number of benzene rings is 3. The van der Waals surface area contributed by atoms with Crippen molar-refractivity contribution in [1.29, 1.82) is 0 Å². The average Bonchev–Trinajstić information content (AvgIpc) is 2.77. The van der Waals surface area contributed by atoms with Gasteiger partial charge in [-0.05, 0) is 115 Å². The highest BCUT2D eigenvalue weighted by molar-refractivity contribution is 5.78. The molecule has 31 heavy (non-hydrogen) atoms. The zero-order chi connectivity index (χ0) is 22.4. The second-order valence-electron chi connectivity index (χ2n) is 8.12. The topological polar surface area (TPSA) is 87.3 Å². The van der Waals surface area contributed by atoms with Crippen LogP contribution in [0.5, 0.6) is 5.75 Å². The summed E-state index contributed by atoms with van der Waals surface area (Å²) in [6.45, 7) is 6.24.